The third-order valence-corrected chi connectivity index (χ3v) is 12.6. The minimum absolute atomic E-state index is 0. The van der Waals surface area contributed by atoms with Gasteiger partial charge in [0, 0.05) is 11.4 Å². The average Bonchev–Trinajstić information content (AvgIpc) is 3.09. The molecule has 310 valence electrons. The molecule has 0 aliphatic carbocycles. The summed E-state index contributed by atoms with van der Waals surface area (Å²) in [5.41, 5.74) is -2.20. The number of unbranched alkanes of at least 4 members (excludes halogenated alkanes) is 34. The molecule has 0 radical (unpaired) electrons. The summed E-state index contributed by atoms with van der Waals surface area (Å²) in [5, 5.41) is 21.9. The number of carbonyl (C=O) groups is 2. The molecule has 0 fully saturated rings. The van der Waals surface area contributed by atoms with Gasteiger partial charge in [-0.25, -0.2) is 0 Å². The summed E-state index contributed by atoms with van der Waals surface area (Å²) in [5.74, 6) is -3.80. The van der Waals surface area contributed by atoms with Crippen molar-refractivity contribution in [3.63, 3.8) is 0 Å². The van der Waals surface area contributed by atoms with E-state index >= 15 is 0 Å². The first kappa shape index (κ1) is 58.4. The van der Waals surface area contributed by atoms with Crippen LogP contribution >= 0.6 is 0 Å². The number of carboxylic acids is 2. The zero-order valence-corrected chi connectivity index (χ0v) is 37.1. The van der Waals surface area contributed by atoms with Gasteiger partial charge in [0.15, 0.2) is 0 Å². The summed E-state index contributed by atoms with van der Waals surface area (Å²) < 4.78 is 34.1. The SMILES string of the molecule is CCCCCCCCCCCCCCCCCCCCC(CCCCCCCCCCCCCCCCCCCC)(C(=O)[O-])C(C(=O)[O-])S(=O)(=O)O.[Li+].[Li+]. The van der Waals surface area contributed by atoms with Gasteiger partial charge in [-0.2, -0.15) is 8.42 Å². The summed E-state index contributed by atoms with van der Waals surface area (Å²) >= 11 is 0. The second-order valence-electron chi connectivity index (χ2n) is 16.2. The normalized spacial score (nSPS) is 12.3. The zero-order valence-electron chi connectivity index (χ0n) is 36.3. The Bertz CT molecular complexity index is 892. The van der Waals surface area contributed by atoms with Gasteiger partial charge in [-0.3, -0.25) is 4.55 Å². The number of rotatable bonds is 42. The molecule has 0 amide bonds. The fourth-order valence-electron chi connectivity index (χ4n) is 8.01. The molecule has 0 saturated carbocycles. The summed E-state index contributed by atoms with van der Waals surface area (Å²) in [6.45, 7) is 4.51. The minimum atomic E-state index is -5.20. The molecule has 0 aromatic carbocycles. The molecule has 0 rings (SSSR count). The predicted molar refractivity (Wildman–Crippen MR) is 215 cm³/mol. The van der Waals surface area contributed by atoms with E-state index in [1.165, 1.54) is 167 Å². The van der Waals surface area contributed by atoms with Crippen molar-refractivity contribution >= 4 is 22.1 Å². The molecule has 1 N–H and O–H groups in total. The largest absolute Gasteiger partial charge is 1.00 e. The second-order valence-corrected chi connectivity index (χ2v) is 17.7. The van der Waals surface area contributed by atoms with Gasteiger partial charge in [-0.1, -0.05) is 245 Å². The summed E-state index contributed by atoms with van der Waals surface area (Å²) in [7, 11) is -5.20. The second kappa shape index (κ2) is 41.2. The molecule has 0 aliphatic heterocycles. The van der Waals surface area contributed by atoms with E-state index in [2.05, 4.69) is 13.8 Å². The molecule has 54 heavy (non-hydrogen) atoms. The Balaban J connectivity index is -0.0000130. The van der Waals surface area contributed by atoms with Gasteiger partial charge in [0.25, 0.3) is 10.1 Å². The zero-order chi connectivity index (χ0) is 38.6. The molecular formula is C44H84Li2O7S. The standard InChI is InChI=1S/C44H86O7S.2Li/c1-3-5-7-9-11-13-15-17-19-21-23-25-27-29-31-33-35-37-39-44(43(47)48,41(42(45)46)52(49,50)51)40-38-36-34-32-30-28-26-24-22-20-18-16-14-12-10-8-6-4-2;;/h41H,3-40H2,1-2H3,(H,45,46)(H,47,48)(H,49,50,51);;/q;2*+1/p-2. The first-order valence-electron chi connectivity index (χ1n) is 22.5. The quantitative estimate of drug-likeness (QED) is 0.0486. The Morgan fingerprint density at radius 3 is 0.759 bits per heavy atom. The fraction of sp³-hybridized carbons (Fsp3) is 0.955. The molecule has 7 nitrogen and oxygen atoms in total. The van der Waals surface area contributed by atoms with Crippen LogP contribution in [0.5, 0.6) is 0 Å². The molecule has 0 aliphatic rings. The van der Waals surface area contributed by atoms with Crippen LogP contribution in [-0.4, -0.2) is 30.2 Å². The maximum Gasteiger partial charge on any atom is 1.00 e. The van der Waals surface area contributed by atoms with Crippen molar-refractivity contribution in [3.05, 3.63) is 0 Å². The van der Waals surface area contributed by atoms with Crippen molar-refractivity contribution in [2.75, 3.05) is 0 Å². The molecule has 0 aromatic rings. The minimum Gasteiger partial charge on any atom is -0.549 e. The van der Waals surface area contributed by atoms with Crippen LogP contribution in [0.1, 0.15) is 258 Å². The molecule has 0 aromatic heterocycles. The molecule has 0 spiro atoms. The van der Waals surface area contributed by atoms with Crippen LogP contribution in [0.2, 0.25) is 0 Å². The van der Waals surface area contributed by atoms with E-state index in [4.69, 9.17) is 0 Å². The van der Waals surface area contributed by atoms with Gasteiger partial charge >= 0.3 is 37.7 Å². The van der Waals surface area contributed by atoms with Crippen LogP contribution in [0.4, 0.5) is 0 Å². The first-order chi connectivity index (χ1) is 25.1. The van der Waals surface area contributed by atoms with Crippen LogP contribution in [0.25, 0.3) is 0 Å². The Kier molecular flexibility index (Phi) is 44.5. The topological polar surface area (TPSA) is 135 Å². The number of carbonyl (C=O) groups excluding carboxylic acids is 2. The van der Waals surface area contributed by atoms with E-state index in [1.54, 1.807) is 0 Å². The van der Waals surface area contributed by atoms with Gasteiger partial charge in [0.1, 0.15) is 5.25 Å². The molecule has 0 bridgehead atoms. The number of hydrogen-bond donors (Lipinski definition) is 1. The maximum atomic E-state index is 12.5. The van der Waals surface area contributed by atoms with Crippen molar-refractivity contribution in [1.82, 2.24) is 0 Å². The van der Waals surface area contributed by atoms with E-state index in [0.717, 1.165) is 38.5 Å². The molecule has 1 atom stereocenters. The van der Waals surface area contributed by atoms with Crippen LogP contribution in [0.3, 0.4) is 0 Å². The van der Waals surface area contributed by atoms with Gasteiger partial charge in [-0.05, 0) is 12.8 Å². The van der Waals surface area contributed by atoms with Gasteiger partial charge in [-0.15, -0.1) is 0 Å². The van der Waals surface area contributed by atoms with Crippen LogP contribution in [0, 0.1) is 5.41 Å². The summed E-state index contributed by atoms with van der Waals surface area (Å²) in [6.07, 6.45) is 42.1. The number of carboxylic acid groups (broad SMARTS) is 2. The van der Waals surface area contributed by atoms with Gasteiger partial charge in [0.05, 0.1) is 5.97 Å². The fourth-order valence-corrected chi connectivity index (χ4v) is 9.16. The third-order valence-electron chi connectivity index (χ3n) is 11.4. The third kappa shape index (κ3) is 33.1. The van der Waals surface area contributed by atoms with Crippen molar-refractivity contribution in [3.8, 4) is 0 Å². The van der Waals surface area contributed by atoms with E-state index in [9.17, 15) is 32.8 Å². The van der Waals surface area contributed by atoms with Crippen molar-refractivity contribution in [2.24, 2.45) is 5.41 Å². The molecular weight excluding hydrogens is 686 g/mol. The number of aliphatic carboxylic acids is 2. The van der Waals surface area contributed by atoms with Crippen LogP contribution in [-0.2, 0) is 19.7 Å². The van der Waals surface area contributed by atoms with E-state index in [1.807, 2.05) is 0 Å². The summed E-state index contributed by atoms with van der Waals surface area (Å²) in [6, 6.07) is 0. The molecule has 10 heteroatoms. The Morgan fingerprint density at radius 2 is 0.611 bits per heavy atom. The monoisotopic (exact) mass is 771 g/mol. The number of hydrogen-bond acceptors (Lipinski definition) is 6. The van der Waals surface area contributed by atoms with Crippen molar-refractivity contribution < 1.29 is 70.5 Å². The van der Waals surface area contributed by atoms with Crippen molar-refractivity contribution in [2.45, 2.75) is 263 Å². The predicted octanol–water partition coefficient (Wildman–Crippen LogP) is 5.60. The Hall–Kier alpha value is 0.0448. The summed E-state index contributed by atoms with van der Waals surface area (Å²) in [4.78, 5) is 24.4. The molecule has 0 saturated heterocycles. The smallest absolute Gasteiger partial charge is 0.549 e. The van der Waals surface area contributed by atoms with Crippen LogP contribution < -0.4 is 47.9 Å². The Morgan fingerprint density at radius 1 is 0.426 bits per heavy atom. The maximum absolute atomic E-state index is 12.5. The van der Waals surface area contributed by atoms with Gasteiger partial charge in [0.2, 0.25) is 0 Å². The molecule has 1 unspecified atom stereocenters. The van der Waals surface area contributed by atoms with E-state index in [0.29, 0.717) is 25.7 Å². The average molecular weight is 771 g/mol. The van der Waals surface area contributed by atoms with E-state index < -0.39 is 32.7 Å². The first-order valence-corrected chi connectivity index (χ1v) is 24.0. The van der Waals surface area contributed by atoms with Gasteiger partial charge < -0.3 is 19.8 Å². The van der Waals surface area contributed by atoms with Crippen LogP contribution in [0.15, 0.2) is 0 Å². The van der Waals surface area contributed by atoms with Crippen molar-refractivity contribution in [1.29, 1.82) is 0 Å². The van der Waals surface area contributed by atoms with E-state index in [-0.39, 0.29) is 50.6 Å². The molecule has 0 heterocycles. The Labute approximate surface area is 359 Å².